The van der Waals surface area contributed by atoms with Crippen molar-refractivity contribution in [3.8, 4) is 6.07 Å². The number of carbonyl (C=O) groups excluding carboxylic acids is 2. The zero-order valence-corrected chi connectivity index (χ0v) is 13.1. The number of hydrogen-bond donors (Lipinski definition) is 2. The topological polar surface area (TPSA) is 125 Å². The molecular weight excluding hydrogens is 310 g/mol. The Hall–Kier alpha value is -3.60. The van der Waals surface area contributed by atoms with E-state index < -0.39 is 11.8 Å². The van der Waals surface area contributed by atoms with Gasteiger partial charge in [0.2, 0.25) is 5.91 Å². The molecule has 2 rings (SSSR count). The van der Waals surface area contributed by atoms with Gasteiger partial charge < -0.3 is 15.6 Å². The molecule has 1 aromatic heterocycles. The molecule has 0 spiro atoms. The highest BCUT2D eigenvalue weighted by Gasteiger charge is 2.24. The number of carbonyl (C=O) groups is 2. The van der Waals surface area contributed by atoms with Gasteiger partial charge in [0.25, 0.3) is 5.91 Å². The Bertz CT molecular complexity index is 830. The summed E-state index contributed by atoms with van der Waals surface area (Å²) < 4.78 is 4.87. The number of nitrogens with zero attached hydrogens (tertiary/aromatic N) is 3. The number of rotatable bonds is 4. The van der Waals surface area contributed by atoms with Crippen molar-refractivity contribution < 1.29 is 14.1 Å². The SMILES string of the molecule is CC(=O)N(C(=O)/C(C#N)=C\Nc1cc(C)on1)c1ccc(N)cc1. The van der Waals surface area contributed by atoms with Gasteiger partial charge in [-0.05, 0) is 31.2 Å². The summed E-state index contributed by atoms with van der Waals surface area (Å²) in [4.78, 5) is 25.3. The minimum Gasteiger partial charge on any atom is -0.399 e. The Balaban J connectivity index is 2.28. The fourth-order valence-corrected chi connectivity index (χ4v) is 1.91. The number of nitrogen functional groups attached to an aromatic ring is 1. The molecule has 2 amide bonds. The van der Waals surface area contributed by atoms with Crippen LogP contribution in [0, 0.1) is 18.3 Å². The number of benzene rings is 1. The van der Waals surface area contributed by atoms with Gasteiger partial charge >= 0.3 is 0 Å². The lowest BCUT2D eigenvalue weighted by atomic mass is 10.2. The molecule has 0 saturated heterocycles. The van der Waals surface area contributed by atoms with Crippen LogP contribution in [0.15, 0.2) is 46.6 Å². The number of nitriles is 1. The van der Waals surface area contributed by atoms with Crippen LogP contribution in [0.25, 0.3) is 0 Å². The Labute approximate surface area is 138 Å². The maximum atomic E-state index is 12.5. The maximum absolute atomic E-state index is 12.5. The van der Waals surface area contributed by atoms with Crippen LogP contribution in [-0.2, 0) is 9.59 Å². The van der Waals surface area contributed by atoms with Crippen molar-refractivity contribution in [2.24, 2.45) is 0 Å². The third-order valence-electron chi connectivity index (χ3n) is 3.01. The largest absolute Gasteiger partial charge is 0.399 e. The third-order valence-corrected chi connectivity index (χ3v) is 3.01. The van der Waals surface area contributed by atoms with Gasteiger partial charge in [0.05, 0.1) is 5.69 Å². The van der Waals surface area contributed by atoms with Crippen molar-refractivity contribution in [3.63, 3.8) is 0 Å². The van der Waals surface area contributed by atoms with Gasteiger partial charge in [-0.2, -0.15) is 5.26 Å². The van der Waals surface area contributed by atoms with Crippen LogP contribution in [0.2, 0.25) is 0 Å². The van der Waals surface area contributed by atoms with Crippen LogP contribution in [0.4, 0.5) is 17.2 Å². The number of anilines is 3. The van der Waals surface area contributed by atoms with Crippen LogP contribution in [0.1, 0.15) is 12.7 Å². The first kappa shape index (κ1) is 16.8. The summed E-state index contributed by atoms with van der Waals surface area (Å²) in [7, 11) is 0. The molecule has 0 bridgehead atoms. The monoisotopic (exact) mass is 325 g/mol. The predicted molar refractivity (Wildman–Crippen MR) is 87.6 cm³/mol. The summed E-state index contributed by atoms with van der Waals surface area (Å²) in [5.74, 6) is -0.372. The number of hydrogen-bond acceptors (Lipinski definition) is 7. The summed E-state index contributed by atoms with van der Waals surface area (Å²) in [5.41, 5.74) is 6.15. The summed E-state index contributed by atoms with van der Waals surface area (Å²) >= 11 is 0. The van der Waals surface area contributed by atoms with Gasteiger partial charge in [-0.25, -0.2) is 4.90 Å². The molecule has 1 aromatic carbocycles. The smallest absolute Gasteiger partial charge is 0.277 e. The quantitative estimate of drug-likeness (QED) is 0.500. The van der Waals surface area contributed by atoms with Gasteiger partial charge in [-0.15, -0.1) is 0 Å². The summed E-state index contributed by atoms with van der Waals surface area (Å²) in [6.45, 7) is 2.94. The first-order valence-corrected chi connectivity index (χ1v) is 6.93. The molecule has 1 heterocycles. The fraction of sp³-hybridized carbons (Fsp3) is 0.125. The molecule has 8 nitrogen and oxygen atoms in total. The highest BCUT2D eigenvalue weighted by Crippen LogP contribution is 2.19. The van der Waals surface area contributed by atoms with E-state index in [9.17, 15) is 14.9 Å². The number of nitrogens with one attached hydrogen (secondary N) is 1. The zero-order valence-electron chi connectivity index (χ0n) is 13.1. The molecule has 0 aliphatic heterocycles. The molecule has 122 valence electrons. The molecule has 3 N–H and O–H groups in total. The third kappa shape index (κ3) is 3.78. The van der Waals surface area contributed by atoms with E-state index in [0.29, 0.717) is 23.0 Å². The number of aromatic nitrogens is 1. The van der Waals surface area contributed by atoms with Crippen LogP contribution >= 0.6 is 0 Å². The maximum Gasteiger partial charge on any atom is 0.277 e. The van der Waals surface area contributed by atoms with E-state index >= 15 is 0 Å². The molecule has 8 heteroatoms. The van der Waals surface area contributed by atoms with Crippen molar-refractivity contribution in [2.45, 2.75) is 13.8 Å². The molecule has 0 aliphatic carbocycles. The Kier molecular flexibility index (Phi) is 4.96. The Morgan fingerprint density at radius 3 is 2.54 bits per heavy atom. The Morgan fingerprint density at radius 1 is 1.38 bits per heavy atom. The molecule has 0 unspecified atom stereocenters. The molecule has 2 aromatic rings. The predicted octanol–water partition coefficient (Wildman–Crippen LogP) is 1.96. The van der Waals surface area contributed by atoms with Crippen molar-refractivity contribution in [1.29, 1.82) is 5.26 Å². The lowest BCUT2D eigenvalue weighted by Crippen LogP contribution is -2.36. The molecule has 24 heavy (non-hydrogen) atoms. The lowest BCUT2D eigenvalue weighted by molar-refractivity contribution is -0.123. The van der Waals surface area contributed by atoms with E-state index in [1.54, 1.807) is 31.2 Å². The van der Waals surface area contributed by atoms with Crippen molar-refractivity contribution in [3.05, 3.63) is 47.9 Å². The van der Waals surface area contributed by atoms with E-state index in [4.69, 9.17) is 10.3 Å². The number of aryl methyl sites for hydroxylation is 1. The summed E-state index contributed by atoms with van der Waals surface area (Å²) in [6.07, 6.45) is 1.17. The van der Waals surface area contributed by atoms with E-state index in [1.807, 2.05) is 0 Å². The summed E-state index contributed by atoms with van der Waals surface area (Å²) in [5, 5.41) is 15.6. The zero-order chi connectivity index (χ0) is 17.7. The minimum atomic E-state index is -0.762. The molecule has 0 radical (unpaired) electrons. The van der Waals surface area contributed by atoms with Crippen molar-refractivity contribution >= 4 is 29.0 Å². The highest BCUT2D eigenvalue weighted by molar-refractivity contribution is 6.21. The van der Waals surface area contributed by atoms with Gasteiger partial charge in [-0.3, -0.25) is 9.59 Å². The standard InChI is InChI=1S/C16H15N5O3/c1-10-7-15(20-24-10)19-9-12(8-17)16(23)21(11(2)22)14-5-3-13(18)4-6-14/h3-7,9H,18H2,1-2H3,(H,19,20)/b12-9-. The van der Waals surface area contributed by atoms with Crippen LogP contribution < -0.4 is 16.0 Å². The average Bonchev–Trinajstić information content (AvgIpc) is 2.95. The molecule has 0 aliphatic rings. The van der Waals surface area contributed by atoms with Crippen LogP contribution in [-0.4, -0.2) is 17.0 Å². The minimum absolute atomic E-state index is 0.261. The number of amides is 2. The first-order chi connectivity index (χ1) is 11.4. The van der Waals surface area contributed by atoms with Gasteiger partial charge in [0, 0.05) is 24.9 Å². The van der Waals surface area contributed by atoms with Crippen LogP contribution in [0.5, 0.6) is 0 Å². The molecule has 0 atom stereocenters. The van der Waals surface area contributed by atoms with Crippen molar-refractivity contribution in [2.75, 3.05) is 16.0 Å². The van der Waals surface area contributed by atoms with E-state index in [0.717, 1.165) is 4.90 Å². The first-order valence-electron chi connectivity index (χ1n) is 6.93. The fourth-order valence-electron chi connectivity index (χ4n) is 1.91. The van der Waals surface area contributed by atoms with Crippen molar-refractivity contribution in [1.82, 2.24) is 5.16 Å². The average molecular weight is 325 g/mol. The van der Waals surface area contributed by atoms with Gasteiger partial charge in [-0.1, -0.05) is 5.16 Å². The number of imide groups is 1. The second-order valence-electron chi connectivity index (χ2n) is 4.89. The van der Waals surface area contributed by atoms with Gasteiger partial charge in [0.1, 0.15) is 17.4 Å². The van der Waals surface area contributed by atoms with Crippen LogP contribution in [0.3, 0.4) is 0 Å². The molecular formula is C16H15N5O3. The highest BCUT2D eigenvalue weighted by atomic mass is 16.5. The van der Waals surface area contributed by atoms with E-state index in [-0.39, 0.29) is 5.57 Å². The molecule has 0 fully saturated rings. The second kappa shape index (κ2) is 7.11. The Morgan fingerprint density at radius 2 is 2.04 bits per heavy atom. The molecule has 0 saturated carbocycles. The lowest BCUT2D eigenvalue weighted by Gasteiger charge is -2.18. The summed E-state index contributed by atoms with van der Waals surface area (Å²) in [6, 6.07) is 9.54. The van der Waals surface area contributed by atoms with Gasteiger partial charge in [0.15, 0.2) is 5.82 Å². The number of nitrogens with two attached hydrogens (primary N) is 1. The van der Waals surface area contributed by atoms with E-state index in [2.05, 4.69) is 10.5 Å². The second-order valence-corrected chi connectivity index (χ2v) is 4.89. The van der Waals surface area contributed by atoms with E-state index in [1.165, 1.54) is 25.3 Å². The normalized spacial score (nSPS) is 10.8.